The van der Waals surface area contributed by atoms with Crippen molar-refractivity contribution in [3.05, 3.63) is 53.7 Å². The lowest BCUT2D eigenvalue weighted by Gasteiger charge is -2.20. The molecule has 0 amide bonds. The highest BCUT2D eigenvalue weighted by Gasteiger charge is 2.11. The van der Waals surface area contributed by atoms with E-state index in [1.807, 2.05) is 12.1 Å². The van der Waals surface area contributed by atoms with E-state index in [-0.39, 0.29) is 6.04 Å². The van der Waals surface area contributed by atoms with Gasteiger partial charge in [0.2, 0.25) is 0 Å². The molecule has 1 aromatic carbocycles. The predicted octanol–water partition coefficient (Wildman–Crippen LogP) is 2.64. The second-order valence-electron chi connectivity index (χ2n) is 4.92. The van der Waals surface area contributed by atoms with Gasteiger partial charge in [-0.1, -0.05) is 29.8 Å². The van der Waals surface area contributed by atoms with Gasteiger partial charge < -0.3 is 15.8 Å². The molecule has 3 N–H and O–H groups in total. The molecule has 4 heteroatoms. The molecule has 0 spiro atoms. The Morgan fingerprint density at radius 3 is 2.65 bits per heavy atom. The number of anilines is 2. The zero-order valence-corrected chi connectivity index (χ0v) is 12.0. The van der Waals surface area contributed by atoms with Gasteiger partial charge >= 0.3 is 0 Å². The van der Waals surface area contributed by atoms with E-state index in [9.17, 15) is 0 Å². The average Bonchev–Trinajstić information content (AvgIpc) is 2.44. The number of pyridine rings is 1. The molecule has 2 rings (SSSR count). The fourth-order valence-electron chi connectivity index (χ4n) is 2.12. The number of hydrogen-bond acceptors (Lipinski definition) is 4. The SMILES string of the molecule is COCC(Cc1ccc(C)cc1)Nc1cccnc1N. The van der Waals surface area contributed by atoms with Crippen LogP contribution in [0.3, 0.4) is 0 Å². The zero-order valence-electron chi connectivity index (χ0n) is 12.0. The highest BCUT2D eigenvalue weighted by molar-refractivity contribution is 5.61. The molecule has 0 aliphatic carbocycles. The minimum atomic E-state index is 0.161. The molecule has 0 saturated carbocycles. The summed E-state index contributed by atoms with van der Waals surface area (Å²) in [4.78, 5) is 4.09. The summed E-state index contributed by atoms with van der Waals surface area (Å²) < 4.78 is 5.29. The number of methoxy groups -OCH3 is 1. The molecule has 0 aliphatic rings. The van der Waals surface area contributed by atoms with E-state index < -0.39 is 0 Å². The normalized spacial score (nSPS) is 12.1. The number of aryl methyl sites for hydroxylation is 1. The minimum absolute atomic E-state index is 0.161. The number of benzene rings is 1. The number of hydrogen-bond donors (Lipinski definition) is 2. The summed E-state index contributed by atoms with van der Waals surface area (Å²) in [6.07, 6.45) is 2.56. The summed E-state index contributed by atoms with van der Waals surface area (Å²) in [6, 6.07) is 12.5. The van der Waals surface area contributed by atoms with Gasteiger partial charge in [-0.15, -0.1) is 0 Å². The van der Waals surface area contributed by atoms with Crippen LogP contribution in [-0.2, 0) is 11.2 Å². The van der Waals surface area contributed by atoms with Crippen LogP contribution in [0.5, 0.6) is 0 Å². The molecular weight excluding hydrogens is 250 g/mol. The van der Waals surface area contributed by atoms with Gasteiger partial charge in [-0.25, -0.2) is 4.98 Å². The van der Waals surface area contributed by atoms with Gasteiger partial charge in [0, 0.05) is 13.3 Å². The number of aromatic nitrogens is 1. The molecule has 1 unspecified atom stereocenters. The third-order valence-corrected chi connectivity index (χ3v) is 3.17. The van der Waals surface area contributed by atoms with E-state index >= 15 is 0 Å². The minimum Gasteiger partial charge on any atom is -0.383 e. The summed E-state index contributed by atoms with van der Waals surface area (Å²) in [5, 5.41) is 3.40. The Balaban J connectivity index is 2.07. The molecule has 0 aliphatic heterocycles. The summed E-state index contributed by atoms with van der Waals surface area (Å²) in [5.41, 5.74) is 9.25. The number of nitrogens with two attached hydrogens (primary N) is 1. The summed E-state index contributed by atoms with van der Waals surface area (Å²) in [7, 11) is 1.70. The van der Waals surface area contributed by atoms with E-state index in [1.165, 1.54) is 11.1 Å². The smallest absolute Gasteiger partial charge is 0.146 e. The summed E-state index contributed by atoms with van der Waals surface area (Å²) in [6.45, 7) is 2.70. The van der Waals surface area contributed by atoms with Gasteiger partial charge in [-0.3, -0.25) is 0 Å². The van der Waals surface area contributed by atoms with Crippen LogP contribution in [0.15, 0.2) is 42.6 Å². The van der Waals surface area contributed by atoms with E-state index in [4.69, 9.17) is 10.5 Å². The van der Waals surface area contributed by atoms with E-state index in [2.05, 4.69) is 41.5 Å². The monoisotopic (exact) mass is 271 g/mol. The second kappa shape index (κ2) is 6.91. The van der Waals surface area contributed by atoms with Crippen LogP contribution >= 0.6 is 0 Å². The Morgan fingerprint density at radius 1 is 1.25 bits per heavy atom. The molecule has 1 heterocycles. The quantitative estimate of drug-likeness (QED) is 0.848. The summed E-state index contributed by atoms with van der Waals surface area (Å²) in [5.74, 6) is 0.512. The van der Waals surface area contributed by atoms with Crippen molar-refractivity contribution in [2.75, 3.05) is 24.8 Å². The van der Waals surface area contributed by atoms with Crippen LogP contribution < -0.4 is 11.1 Å². The van der Waals surface area contributed by atoms with Gasteiger partial charge in [-0.05, 0) is 31.0 Å². The topological polar surface area (TPSA) is 60.2 Å². The van der Waals surface area contributed by atoms with Crippen LogP contribution in [0.25, 0.3) is 0 Å². The molecule has 106 valence electrons. The lowest BCUT2D eigenvalue weighted by molar-refractivity contribution is 0.185. The van der Waals surface area contributed by atoms with Crippen LogP contribution in [0.2, 0.25) is 0 Å². The van der Waals surface area contributed by atoms with Gasteiger partial charge in [0.05, 0.1) is 18.3 Å². The first-order chi connectivity index (χ1) is 9.69. The fourth-order valence-corrected chi connectivity index (χ4v) is 2.12. The predicted molar refractivity (Wildman–Crippen MR) is 82.8 cm³/mol. The molecule has 1 aromatic heterocycles. The zero-order chi connectivity index (χ0) is 14.4. The van der Waals surface area contributed by atoms with Gasteiger partial charge in [-0.2, -0.15) is 0 Å². The molecule has 20 heavy (non-hydrogen) atoms. The molecule has 2 aromatic rings. The van der Waals surface area contributed by atoms with Crippen molar-refractivity contribution in [2.45, 2.75) is 19.4 Å². The maximum Gasteiger partial charge on any atom is 0.146 e. The molecular formula is C16H21N3O. The highest BCUT2D eigenvalue weighted by atomic mass is 16.5. The number of rotatable bonds is 6. The summed E-state index contributed by atoms with van der Waals surface area (Å²) >= 11 is 0. The van der Waals surface area contributed by atoms with Crippen LogP contribution in [0.4, 0.5) is 11.5 Å². The Hall–Kier alpha value is -2.07. The van der Waals surface area contributed by atoms with Crippen molar-refractivity contribution >= 4 is 11.5 Å². The van der Waals surface area contributed by atoms with Crippen LogP contribution in [-0.4, -0.2) is 24.7 Å². The molecule has 0 fully saturated rings. The standard InChI is InChI=1S/C16H21N3O/c1-12-5-7-13(8-6-12)10-14(11-20-2)19-15-4-3-9-18-16(15)17/h3-9,14,19H,10-11H2,1-2H3,(H2,17,18). The van der Waals surface area contributed by atoms with Crippen LogP contribution in [0, 0.1) is 6.92 Å². The Labute approximate surface area is 120 Å². The van der Waals surface area contributed by atoms with Gasteiger partial charge in [0.1, 0.15) is 5.82 Å². The lowest BCUT2D eigenvalue weighted by atomic mass is 10.0. The highest BCUT2D eigenvalue weighted by Crippen LogP contribution is 2.17. The van der Waals surface area contributed by atoms with Crippen LogP contribution in [0.1, 0.15) is 11.1 Å². The number of nitrogens with zero attached hydrogens (tertiary/aromatic N) is 1. The molecule has 0 bridgehead atoms. The van der Waals surface area contributed by atoms with Crippen molar-refractivity contribution in [1.29, 1.82) is 0 Å². The molecule has 0 radical (unpaired) electrons. The Kier molecular flexibility index (Phi) is 4.96. The fraction of sp³-hybridized carbons (Fsp3) is 0.312. The molecule has 0 saturated heterocycles. The number of ether oxygens (including phenoxy) is 1. The van der Waals surface area contributed by atoms with Crippen molar-refractivity contribution in [3.8, 4) is 0 Å². The van der Waals surface area contributed by atoms with Gasteiger partial charge in [0.15, 0.2) is 0 Å². The third kappa shape index (κ3) is 3.96. The van der Waals surface area contributed by atoms with Gasteiger partial charge in [0.25, 0.3) is 0 Å². The second-order valence-corrected chi connectivity index (χ2v) is 4.92. The van der Waals surface area contributed by atoms with Crippen molar-refractivity contribution < 1.29 is 4.74 Å². The molecule has 1 atom stereocenters. The third-order valence-electron chi connectivity index (χ3n) is 3.17. The van der Waals surface area contributed by atoms with Crippen molar-refractivity contribution in [2.24, 2.45) is 0 Å². The number of nitrogen functional groups attached to an aromatic ring is 1. The van der Waals surface area contributed by atoms with Crippen molar-refractivity contribution in [1.82, 2.24) is 4.98 Å². The lowest BCUT2D eigenvalue weighted by Crippen LogP contribution is -2.28. The molecule has 4 nitrogen and oxygen atoms in total. The van der Waals surface area contributed by atoms with E-state index in [1.54, 1.807) is 13.3 Å². The first kappa shape index (κ1) is 14.3. The maximum atomic E-state index is 5.86. The Morgan fingerprint density at radius 2 is 2.00 bits per heavy atom. The van der Waals surface area contributed by atoms with E-state index in [0.717, 1.165) is 12.1 Å². The first-order valence-corrected chi connectivity index (χ1v) is 6.70. The first-order valence-electron chi connectivity index (χ1n) is 6.70. The maximum absolute atomic E-state index is 5.86. The van der Waals surface area contributed by atoms with Crippen molar-refractivity contribution in [3.63, 3.8) is 0 Å². The van der Waals surface area contributed by atoms with E-state index in [0.29, 0.717) is 12.4 Å². The average molecular weight is 271 g/mol. The Bertz CT molecular complexity index is 540. The largest absolute Gasteiger partial charge is 0.383 e. The number of nitrogens with one attached hydrogen (secondary N) is 1.